The molecule has 0 atom stereocenters. The first-order valence-corrected chi connectivity index (χ1v) is 4.70. The minimum absolute atomic E-state index is 0.0424. The highest BCUT2D eigenvalue weighted by Gasteiger charge is 2.07. The van der Waals surface area contributed by atoms with Crippen LogP contribution in [0, 0.1) is 0 Å². The Bertz CT molecular complexity index is 502. The lowest BCUT2D eigenvalue weighted by molar-refractivity contribution is -0.119. The Morgan fingerprint density at radius 3 is 3.07 bits per heavy atom. The number of aromatic amines is 1. The second-order valence-electron chi connectivity index (χ2n) is 3.39. The molecule has 0 unspecified atom stereocenters. The molecule has 0 spiro atoms. The number of aromatic hydroxyl groups is 1. The number of aromatic nitrogens is 1. The van der Waals surface area contributed by atoms with Crippen molar-refractivity contribution in [3.05, 3.63) is 30.0 Å². The van der Waals surface area contributed by atoms with E-state index in [1.165, 1.54) is 0 Å². The maximum absolute atomic E-state index is 11.2. The van der Waals surface area contributed by atoms with Gasteiger partial charge in [-0.3, -0.25) is 4.79 Å². The number of carbonyl (C=O) groups is 1. The zero-order chi connectivity index (χ0) is 10.8. The number of phenols is 1. The number of phenolic OH excluding ortho intramolecular Hbond substituents is 1. The second-order valence-corrected chi connectivity index (χ2v) is 3.39. The summed E-state index contributed by atoms with van der Waals surface area (Å²) >= 11 is 0. The summed E-state index contributed by atoms with van der Waals surface area (Å²) in [5, 5.41) is 12.8. The van der Waals surface area contributed by atoms with E-state index in [0.717, 1.165) is 16.5 Å². The molecule has 78 valence electrons. The Morgan fingerprint density at radius 2 is 2.33 bits per heavy atom. The van der Waals surface area contributed by atoms with Crippen molar-refractivity contribution in [3.63, 3.8) is 0 Å². The number of benzene rings is 1. The summed E-state index contributed by atoms with van der Waals surface area (Å²) in [6, 6.07) is 5.06. The second kappa shape index (κ2) is 3.65. The zero-order valence-corrected chi connectivity index (χ0v) is 8.37. The van der Waals surface area contributed by atoms with Crippen molar-refractivity contribution in [2.75, 3.05) is 7.05 Å². The number of likely N-dealkylation sites (N-methyl/N-ethyl adjacent to an activating group) is 1. The number of H-pyrrole nitrogens is 1. The molecule has 0 saturated carbocycles. The Labute approximate surface area is 86.9 Å². The fraction of sp³-hybridized carbons (Fsp3) is 0.182. The standard InChI is InChI=1S/C11H12N2O2/c1-12-11(15)4-7-6-13-10-3-2-8(14)5-9(7)10/h2-3,5-6,13-14H,4H2,1H3,(H,12,15). The van der Waals surface area contributed by atoms with E-state index in [-0.39, 0.29) is 11.7 Å². The van der Waals surface area contributed by atoms with Crippen LogP contribution in [0.2, 0.25) is 0 Å². The van der Waals surface area contributed by atoms with Crippen molar-refractivity contribution in [3.8, 4) is 5.75 Å². The largest absolute Gasteiger partial charge is 0.508 e. The molecule has 4 nitrogen and oxygen atoms in total. The minimum Gasteiger partial charge on any atom is -0.508 e. The monoisotopic (exact) mass is 204 g/mol. The third-order valence-corrected chi connectivity index (χ3v) is 2.38. The summed E-state index contributed by atoms with van der Waals surface area (Å²) in [5.41, 5.74) is 1.81. The molecule has 4 heteroatoms. The summed E-state index contributed by atoms with van der Waals surface area (Å²) in [4.78, 5) is 14.3. The van der Waals surface area contributed by atoms with E-state index in [0.29, 0.717) is 6.42 Å². The summed E-state index contributed by atoms with van der Waals surface area (Å²) in [6.45, 7) is 0. The predicted molar refractivity (Wildman–Crippen MR) is 57.7 cm³/mol. The average molecular weight is 204 g/mol. The summed E-state index contributed by atoms with van der Waals surface area (Å²) in [7, 11) is 1.61. The molecule has 1 aromatic heterocycles. The molecular formula is C11H12N2O2. The van der Waals surface area contributed by atoms with Gasteiger partial charge in [0.2, 0.25) is 5.91 Å². The van der Waals surface area contributed by atoms with Crippen LogP contribution in [-0.4, -0.2) is 23.0 Å². The van der Waals surface area contributed by atoms with Crippen molar-refractivity contribution >= 4 is 16.8 Å². The molecular weight excluding hydrogens is 192 g/mol. The normalized spacial score (nSPS) is 10.5. The number of carbonyl (C=O) groups excluding carboxylic acids is 1. The number of fused-ring (bicyclic) bond motifs is 1. The number of hydrogen-bond donors (Lipinski definition) is 3. The summed E-state index contributed by atoms with van der Waals surface area (Å²) in [5.74, 6) is 0.166. The van der Waals surface area contributed by atoms with Crippen molar-refractivity contribution in [2.45, 2.75) is 6.42 Å². The van der Waals surface area contributed by atoms with Gasteiger partial charge in [-0.05, 0) is 23.8 Å². The highest BCUT2D eigenvalue weighted by atomic mass is 16.3. The number of rotatable bonds is 2. The molecule has 0 aliphatic rings. The fourth-order valence-corrected chi connectivity index (χ4v) is 1.57. The third kappa shape index (κ3) is 1.79. The maximum Gasteiger partial charge on any atom is 0.224 e. The molecule has 1 heterocycles. The molecule has 2 aromatic rings. The first kappa shape index (κ1) is 9.58. The molecule has 0 fully saturated rings. The predicted octanol–water partition coefficient (Wildman–Crippen LogP) is 1.16. The molecule has 0 radical (unpaired) electrons. The number of hydrogen-bond acceptors (Lipinski definition) is 2. The molecule has 1 aromatic carbocycles. The summed E-state index contributed by atoms with van der Waals surface area (Å²) in [6.07, 6.45) is 2.11. The Kier molecular flexibility index (Phi) is 2.33. The van der Waals surface area contributed by atoms with Gasteiger partial charge in [-0.25, -0.2) is 0 Å². The van der Waals surface area contributed by atoms with Gasteiger partial charge in [-0.2, -0.15) is 0 Å². The van der Waals surface area contributed by atoms with Crippen molar-refractivity contribution in [2.24, 2.45) is 0 Å². The fourth-order valence-electron chi connectivity index (χ4n) is 1.57. The Morgan fingerprint density at radius 1 is 1.53 bits per heavy atom. The molecule has 1 amide bonds. The van der Waals surface area contributed by atoms with Gasteiger partial charge in [-0.1, -0.05) is 0 Å². The lowest BCUT2D eigenvalue weighted by atomic mass is 10.1. The average Bonchev–Trinajstić information content (AvgIpc) is 2.61. The minimum atomic E-state index is -0.0424. The van der Waals surface area contributed by atoms with Gasteiger partial charge in [0.05, 0.1) is 6.42 Å². The van der Waals surface area contributed by atoms with Crippen LogP contribution in [0.15, 0.2) is 24.4 Å². The van der Waals surface area contributed by atoms with Crippen LogP contribution in [0.4, 0.5) is 0 Å². The quantitative estimate of drug-likeness (QED) is 0.687. The highest BCUT2D eigenvalue weighted by Crippen LogP contribution is 2.23. The van der Waals surface area contributed by atoms with E-state index >= 15 is 0 Å². The molecule has 0 aliphatic carbocycles. The smallest absolute Gasteiger partial charge is 0.224 e. The van der Waals surface area contributed by atoms with Gasteiger partial charge < -0.3 is 15.4 Å². The van der Waals surface area contributed by atoms with Crippen LogP contribution in [0.1, 0.15) is 5.56 Å². The van der Waals surface area contributed by atoms with Crippen molar-refractivity contribution in [1.82, 2.24) is 10.3 Å². The SMILES string of the molecule is CNC(=O)Cc1c[nH]c2ccc(O)cc12. The zero-order valence-electron chi connectivity index (χ0n) is 8.37. The first-order valence-electron chi connectivity index (χ1n) is 4.70. The third-order valence-electron chi connectivity index (χ3n) is 2.38. The molecule has 0 saturated heterocycles. The molecule has 15 heavy (non-hydrogen) atoms. The van der Waals surface area contributed by atoms with Crippen LogP contribution in [-0.2, 0) is 11.2 Å². The molecule has 3 N–H and O–H groups in total. The number of nitrogens with one attached hydrogen (secondary N) is 2. The van der Waals surface area contributed by atoms with Crippen LogP contribution in [0.5, 0.6) is 5.75 Å². The lowest BCUT2D eigenvalue weighted by Gasteiger charge is -1.98. The lowest BCUT2D eigenvalue weighted by Crippen LogP contribution is -2.19. The molecule has 0 aliphatic heterocycles. The van der Waals surface area contributed by atoms with E-state index in [2.05, 4.69) is 10.3 Å². The Balaban J connectivity index is 2.43. The molecule has 2 rings (SSSR count). The molecule has 0 bridgehead atoms. The van der Waals surface area contributed by atoms with E-state index in [9.17, 15) is 9.90 Å². The van der Waals surface area contributed by atoms with Gasteiger partial charge in [0.1, 0.15) is 5.75 Å². The highest BCUT2D eigenvalue weighted by molar-refractivity contribution is 5.89. The van der Waals surface area contributed by atoms with Gasteiger partial charge in [0.25, 0.3) is 0 Å². The van der Waals surface area contributed by atoms with Crippen LogP contribution in [0.3, 0.4) is 0 Å². The maximum atomic E-state index is 11.2. The van der Waals surface area contributed by atoms with Crippen molar-refractivity contribution < 1.29 is 9.90 Å². The van der Waals surface area contributed by atoms with E-state index in [1.54, 1.807) is 31.4 Å². The van der Waals surface area contributed by atoms with Crippen LogP contribution < -0.4 is 5.32 Å². The van der Waals surface area contributed by atoms with Crippen molar-refractivity contribution in [1.29, 1.82) is 0 Å². The van der Waals surface area contributed by atoms with E-state index in [4.69, 9.17) is 0 Å². The van der Waals surface area contributed by atoms with Crippen LogP contribution in [0.25, 0.3) is 10.9 Å². The Hall–Kier alpha value is -1.97. The van der Waals surface area contributed by atoms with Gasteiger partial charge in [-0.15, -0.1) is 0 Å². The topological polar surface area (TPSA) is 65.1 Å². The number of amides is 1. The van der Waals surface area contributed by atoms with Gasteiger partial charge >= 0.3 is 0 Å². The van der Waals surface area contributed by atoms with E-state index in [1.807, 2.05) is 0 Å². The first-order chi connectivity index (χ1) is 7.20. The van der Waals surface area contributed by atoms with Gasteiger partial charge in [0.15, 0.2) is 0 Å². The summed E-state index contributed by atoms with van der Waals surface area (Å²) < 4.78 is 0. The van der Waals surface area contributed by atoms with E-state index < -0.39 is 0 Å². The van der Waals surface area contributed by atoms with Gasteiger partial charge in [0, 0.05) is 24.1 Å². The van der Waals surface area contributed by atoms with Crippen LogP contribution >= 0.6 is 0 Å².